The lowest BCUT2D eigenvalue weighted by Gasteiger charge is -2.42. The van der Waals surface area contributed by atoms with Gasteiger partial charge in [-0.15, -0.1) is 0 Å². The molecular formula is C28H34N2O5. The van der Waals surface area contributed by atoms with Gasteiger partial charge in [0.05, 0.1) is 6.42 Å². The maximum atomic E-state index is 13.7. The monoisotopic (exact) mass is 478 g/mol. The summed E-state index contributed by atoms with van der Waals surface area (Å²) >= 11 is 0. The largest absolute Gasteiger partial charge is 0.481 e. The average molecular weight is 479 g/mol. The van der Waals surface area contributed by atoms with E-state index in [4.69, 9.17) is 4.74 Å². The minimum absolute atomic E-state index is 0.0662. The molecule has 2 amide bonds. The highest BCUT2D eigenvalue weighted by molar-refractivity contribution is 5.90. The number of carboxylic acid groups (broad SMARTS) is 1. The second kappa shape index (κ2) is 10.5. The van der Waals surface area contributed by atoms with Crippen LogP contribution in [0.4, 0.5) is 4.79 Å². The molecule has 35 heavy (non-hydrogen) atoms. The molecule has 1 unspecified atom stereocenters. The zero-order chi connectivity index (χ0) is 25.0. The lowest BCUT2D eigenvalue weighted by molar-refractivity contribution is -0.146. The number of benzene rings is 2. The summed E-state index contributed by atoms with van der Waals surface area (Å²) in [5.74, 6) is -1.21. The van der Waals surface area contributed by atoms with Crippen LogP contribution in [0.25, 0.3) is 11.1 Å². The quantitative estimate of drug-likeness (QED) is 0.560. The number of alkyl carbamates (subject to hydrolysis) is 1. The van der Waals surface area contributed by atoms with Gasteiger partial charge in [0, 0.05) is 18.5 Å². The highest BCUT2D eigenvalue weighted by atomic mass is 16.5. The third-order valence-electron chi connectivity index (χ3n) is 7.60. The molecule has 1 saturated heterocycles. The van der Waals surface area contributed by atoms with Crippen LogP contribution in [0.15, 0.2) is 48.5 Å². The van der Waals surface area contributed by atoms with Crippen molar-refractivity contribution in [1.82, 2.24) is 10.2 Å². The highest BCUT2D eigenvalue weighted by Gasteiger charge is 2.43. The number of carbonyl (C=O) groups is 3. The number of nitrogens with one attached hydrogen (secondary N) is 1. The van der Waals surface area contributed by atoms with Gasteiger partial charge >= 0.3 is 12.1 Å². The Bertz CT molecular complexity index is 1050. The molecule has 1 aliphatic carbocycles. The lowest BCUT2D eigenvalue weighted by atomic mass is 9.88. The maximum Gasteiger partial charge on any atom is 0.408 e. The van der Waals surface area contributed by atoms with Crippen LogP contribution in [0.3, 0.4) is 0 Å². The first kappa shape index (κ1) is 24.8. The van der Waals surface area contributed by atoms with Crippen molar-refractivity contribution in [2.75, 3.05) is 13.2 Å². The second-order valence-electron chi connectivity index (χ2n) is 9.49. The number of likely N-dealkylation sites (tertiary alicyclic amines) is 1. The molecule has 0 saturated carbocycles. The van der Waals surface area contributed by atoms with Gasteiger partial charge in [0.2, 0.25) is 5.91 Å². The summed E-state index contributed by atoms with van der Waals surface area (Å²) in [6.07, 6.45) is 2.46. The predicted octanol–water partition coefficient (Wildman–Crippen LogP) is 4.94. The van der Waals surface area contributed by atoms with E-state index in [0.717, 1.165) is 35.1 Å². The van der Waals surface area contributed by atoms with Gasteiger partial charge in [-0.1, -0.05) is 62.4 Å². The highest BCUT2D eigenvalue weighted by Crippen LogP contribution is 2.44. The molecule has 2 N–H and O–H groups in total. The number of carbonyl (C=O) groups excluding carboxylic acids is 2. The molecule has 186 valence electrons. The van der Waals surface area contributed by atoms with E-state index in [0.29, 0.717) is 25.8 Å². The molecule has 0 radical (unpaired) electrons. The van der Waals surface area contributed by atoms with Crippen LogP contribution in [0, 0.1) is 0 Å². The number of amides is 2. The number of carboxylic acids is 1. The number of ether oxygens (including phenoxy) is 1. The minimum atomic E-state index is -1.13. The number of fused-ring (bicyclic) bond motifs is 3. The Morgan fingerprint density at radius 2 is 1.60 bits per heavy atom. The Hall–Kier alpha value is -3.35. The van der Waals surface area contributed by atoms with E-state index in [1.807, 2.05) is 38.1 Å². The molecule has 2 aliphatic rings. The van der Waals surface area contributed by atoms with Crippen molar-refractivity contribution >= 4 is 18.0 Å². The van der Waals surface area contributed by atoms with Gasteiger partial charge < -0.3 is 20.1 Å². The standard InChI is InChI=1S/C28H34N2O5/c1-3-28(4-2,26(33)30-16-10-9-11-19(30)17-25(31)32)29-27(34)35-18-24-22-14-7-5-12-20(22)21-13-6-8-15-23(21)24/h5-8,12-15,19,24H,3-4,9-11,16-18H2,1-2H3,(H,29,34)(H,31,32). The van der Waals surface area contributed by atoms with Crippen LogP contribution in [0.1, 0.15) is 69.4 Å². The lowest BCUT2D eigenvalue weighted by Crippen LogP contribution is -2.62. The molecule has 4 rings (SSSR count). The molecular weight excluding hydrogens is 444 g/mol. The molecule has 2 aromatic carbocycles. The van der Waals surface area contributed by atoms with E-state index >= 15 is 0 Å². The Morgan fingerprint density at radius 1 is 1.00 bits per heavy atom. The van der Waals surface area contributed by atoms with E-state index in [-0.39, 0.29) is 30.9 Å². The number of hydrogen-bond acceptors (Lipinski definition) is 4. The first-order valence-electron chi connectivity index (χ1n) is 12.6. The SMILES string of the molecule is CCC(CC)(NC(=O)OCC1c2ccccc2-c2ccccc21)C(=O)N1CCCCC1CC(=O)O. The van der Waals surface area contributed by atoms with Crippen LogP contribution in [-0.4, -0.2) is 52.7 Å². The van der Waals surface area contributed by atoms with Gasteiger partial charge in [0.15, 0.2) is 0 Å². The van der Waals surface area contributed by atoms with Crippen molar-refractivity contribution in [1.29, 1.82) is 0 Å². The minimum Gasteiger partial charge on any atom is -0.481 e. The fourth-order valence-electron chi connectivity index (χ4n) is 5.57. The summed E-state index contributed by atoms with van der Waals surface area (Å²) < 4.78 is 5.71. The molecule has 1 atom stereocenters. The van der Waals surface area contributed by atoms with Crippen LogP contribution in [-0.2, 0) is 14.3 Å². The maximum absolute atomic E-state index is 13.7. The summed E-state index contributed by atoms with van der Waals surface area (Å²) in [5.41, 5.74) is 3.42. The summed E-state index contributed by atoms with van der Waals surface area (Å²) in [6, 6.07) is 15.9. The third-order valence-corrected chi connectivity index (χ3v) is 7.60. The van der Waals surface area contributed by atoms with Crippen LogP contribution >= 0.6 is 0 Å². The van der Waals surface area contributed by atoms with Crippen molar-refractivity contribution in [3.8, 4) is 11.1 Å². The third kappa shape index (κ3) is 4.90. The van der Waals surface area contributed by atoms with E-state index < -0.39 is 17.6 Å². The zero-order valence-electron chi connectivity index (χ0n) is 20.5. The Balaban J connectivity index is 1.47. The summed E-state index contributed by atoms with van der Waals surface area (Å²) in [6.45, 7) is 4.40. The molecule has 0 aromatic heterocycles. The molecule has 0 spiro atoms. The topological polar surface area (TPSA) is 95.9 Å². The number of aliphatic carboxylic acids is 1. The van der Waals surface area contributed by atoms with Crippen molar-refractivity contribution in [3.05, 3.63) is 59.7 Å². The normalized spacial score (nSPS) is 17.4. The smallest absolute Gasteiger partial charge is 0.408 e. The summed E-state index contributed by atoms with van der Waals surface area (Å²) in [4.78, 5) is 39.7. The van der Waals surface area contributed by atoms with E-state index in [1.165, 1.54) is 0 Å². The molecule has 7 nitrogen and oxygen atoms in total. The van der Waals surface area contributed by atoms with E-state index in [9.17, 15) is 19.5 Å². The molecule has 0 bridgehead atoms. The number of rotatable bonds is 8. The van der Waals surface area contributed by atoms with Crippen LogP contribution in [0.5, 0.6) is 0 Å². The van der Waals surface area contributed by atoms with Gasteiger partial charge in [0.1, 0.15) is 12.1 Å². The predicted molar refractivity (Wildman–Crippen MR) is 133 cm³/mol. The zero-order valence-corrected chi connectivity index (χ0v) is 20.5. The van der Waals surface area contributed by atoms with Crippen molar-refractivity contribution in [2.24, 2.45) is 0 Å². The number of piperidine rings is 1. The number of nitrogens with zero attached hydrogens (tertiary/aromatic N) is 1. The van der Waals surface area contributed by atoms with Crippen molar-refractivity contribution in [3.63, 3.8) is 0 Å². The molecule has 2 aromatic rings. The van der Waals surface area contributed by atoms with Gasteiger partial charge in [-0.2, -0.15) is 0 Å². The molecule has 1 heterocycles. The second-order valence-corrected chi connectivity index (χ2v) is 9.49. The Morgan fingerprint density at radius 3 is 2.17 bits per heavy atom. The van der Waals surface area contributed by atoms with Crippen LogP contribution in [0.2, 0.25) is 0 Å². The average Bonchev–Trinajstić information content (AvgIpc) is 3.19. The Kier molecular flexibility index (Phi) is 7.43. The van der Waals surface area contributed by atoms with E-state index in [2.05, 4.69) is 29.6 Å². The summed E-state index contributed by atoms with van der Waals surface area (Å²) in [5, 5.41) is 12.2. The van der Waals surface area contributed by atoms with Crippen molar-refractivity contribution < 1.29 is 24.2 Å². The van der Waals surface area contributed by atoms with Crippen molar-refractivity contribution in [2.45, 2.75) is 69.9 Å². The Labute approximate surface area is 206 Å². The number of hydrogen-bond donors (Lipinski definition) is 2. The molecule has 7 heteroatoms. The van der Waals surface area contributed by atoms with Gasteiger partial charge in [-0.05, 0) is 54.4 Å². The van der Waals surface area contributed by atoms with E-state index in [1.54, 1.807) is 4.90 Å². The van der Waals surface area contributed by atoms with Gasteiger partial charge in [0.25, 0.3) is 0 Å². The fraction of sp³-hybridized carbons (Fsp3) is 0.464. The van der Waals surface area contributed by atoms with Gasteiger partial charge in [-0.25, -0.2) is 4.79 Å². The first-order chi connectivity index (χ1) is 16.9. The molecule has 1 aliphatic heterocycles. The summed E-state index contributed by atoms with van der Waals surface area (Å²) in [7, 11) is 0. The molecule has 1 fully saturated rings. The fourth-order valence-corrected chi connectivity index (χ4v) is 5.57. The first-order valence-corrected chi connectivity index (χ1v) is 12.6. The van der Waals surface area contributed by atoms with Gasteiger partial charge in [-0.3, -0.25) is 9.59 Å². The van der Waals surface area contributed by atoms with Crippen LogP contribution < -0.4 is 5.32 Å².